The van der Waals surface area contributed by atoms with Crippen LogP contribution < -0.4 is 10.1 Å². The highest BCUT2D eigenvalue weighted by Gasteiger charge is 2.25. The molecule has 1 aromatic rings. The minimum absolute atomic E-state index is 0.0940. The van der Waals surface area contributed by atoms with E-state index in [1.807, 2.05) is 25.1 Å². The lowest BCUT2D eigenvalue weighted by atomic mass is 10.2. The molecule has 0 fully saturated rings. The molecule has 0 heterocycles. The molecule has 0 aliphatic carbocycles. The molecule has 0 aromatic heterocycles. The first-order valence-corrected chi connectivity index (χ1v) is 6.90. The zero-order valence-corrected chi connectivity index (χ0v) is 12.3. The van der Waals surface area contributed by atoms with Gasteiger partial charge >= 0.3 is 6.18 Å². The molecular weight excluding hydrogens is 323 g/mol. The summed E-state index contributed by atoms with van der Waals surface area (Å²) in [5, 5.41) is 2.78. The van der Waals surface area contributed by atoms with Crippen LogP contribution in [0.1, 0.15) is 25.3 Å². The molecule has 0 atom stereocenters. The molecule has 0 aliphatic rings. The molecule has 0 aliphatic heterocycles. The lowest BCUT2D eigenvalue weighted by Gasteiger charge is -2.13. The third-order valence-corrected chi connectivity index (χ3v) is 2.88. The molecule has 108 valence electrons. The average Bonchev–Trinajstić information content (AvgIpc) is 2.32. The van der Waals surface area contributed by atoms with Gasteiger partial charge in [-0.15, -0.1) is 0 Å². The predicted molar refractivity (Wildman–Crippen MR) is 72.3 cm³/mol. The highest BCUT2D eigenvalue weighted by Crippen LogP contribution is 2.24. The van der Waals surface area contributed by atoms with Crippen molar-refractivity contribution in [1.82, 2.24) is 5.32 Å². The van der Waals surface area contributed by atoms with Gasteiger partial charge in [0.15, 0.2) is 0 Å². The molecular formula is C13H17BrF3NO. The van der Waals surface area contributed by atoms with E-state index in [-0.39, 0.29) is 6.54 Å². The highest BCUT2D eigenvalue weighted by atomic mass is 79.9. The fourth-order valence-electron chi connectivity index (χ4n) is 1.49. The number of hydrogen-bond acceptors (Lipinski definition) is 2. The van der Waals surface area contributed by atoms with E-state index in [9.17, 15) is 13.2 Å². The standard InChI is InChI=1S/C13H17BrF3NO/c1-2-7-19-12-4-3-11(14)8-10(12)9-18-6-5-13(15,16)17/h3-4,8,18H,2,5-7,9H2,1H3. The smallest absolute Gasteiger partial charge is 0.390 e. The topological polar surface area (TPSA) is 21.3 Å². The molecule has 19 heavy (non-hydrogen) atoms. The second-order valence-corrected chi connectivity index (χ2v) is 5.06. The van der Waals surface area contributed by atoms with Gasteiger partial charge in [0, 0.05) is 23.1 Å². The molecule has 2 nitrogen and oxygen atoms in total. The van der Waals surface area contributed by atoms with Crippen LogP contribution in [0.15, 0.2) is 22.7 Å². The first kappa shape index (κ1) is 16.3. The summed E-state index contributed by atoms with van der Waals surface area (Å²) in [6.07, 6.45) is -4.06. The maximum absolute atomic E-state index is 12.0. The number of nitrogens with one attached hydrogen (secondary N) is 1. The Morgan fingerprint density at radius 1 is 1.32 bits per heavy atom. The van der Waals surface area contributed by atoms with E-state index >= 15 is 0 Å². The van der Waals surface area contributed by atoms with E-state index < -0.39 is 12.6 Å². The van der Waals surface area contributed by atoms with Crippen LogP contribution in [0.2, 0.25) is 0 Å². The van der Waals surface area contributed by atoms with Crippen molar-refractivity contribution in [2.45, 2.75) is 32.5 Å². The fourth-order valence-corrected chi connectivity index (χ4v) is 1.90. The molecule has 0 spiro atoms. The van der Waals surface area contributed by atoms with Gasteiger partial charge in [-0.05, 0) is 24.6 Å². The van der Waals surface area contributed by atoms with Crippen molar-refractivity contribution in [3.05, 3.63) is 28.2 Å². The minimum atomic E-state index is -4.12. The van der Waals surface area contributed by atoms with Crippen molar-refractivity contribution in [3.8, 4) is 5.75 Å². The number of ether oxygens (including phenoxy) is 1. The molecule has 0 bridgehead atoms. The van der Waals surface area contributed by atoms with Crippen molar-refractivity contribution in [2.24, 2.45) is 0 Å². The molecule has 0 radical (unpaired) electrons. The molecule has 0 saturated heterocycles. The van der Waals surface area contributed by atoms with E-state index in [0.717, 1.165) is 16.5 Å². The van der Waals surface area contributed by atoms with Crippen LogP contribution in [-0.2, 0) is 6.54 Å². The van der Waals surface area contributed by atoms with Crippen LogP contribution in [-0.4, -0.2) is 19.3 Å². The highest BCUT2D eigenvalue weighted by molar-refractivity contribution is 9.10. The minimum Gasteiger partial charge on any atom is -0.493 e. The third-order valence-electron chi connectivity index (χ3n) is 2.38. The number of alkyl halides is 3. The Morgan fingerprint density at radius 2 is 2.05 bits per heavy atom. The first-order valence-electron chi connectivity index (χ1n) is 6.11. The molecule has 0 amide bonds. The van der Waals surface area contributed by atoms with Crippen molar-refractivity contribution >= 4 is 15.9 Å². The van der Waals surface area contributed by atoms with E-state index in [2.05, 4.69) is 21.2 Å². The summed E-state index contributed by atoms with van der Waals surface area (Å²) in [5.41, 5.74) is 0.852. The van der Waals surface area contributed by atoms with E-state index in [1.165, 1.54) is 0 Å². The van der Waals surface area contributed by atoms with Gasteiger partial charge in [0.05, 0.1) is 13.0 Å². The quantitative estimate of drug-likeness (QED) is 0.748. The van der Waals surface area contributed by atoms with Crippen molar-refractivity contribution in [1.29, 1.82) is 0 Å². The molecule has 6 heteroatoms. The van der Waals surface area contributed by atoms with Crippen molar-refractivity contribution in [3.63, 3.8) is 0 Å². The maximum atomic E-state index is 12.0. The van der Waals surface area contributed by atoms with Gasteiger partial charge in [-0.25, -0.2) is 0 Å². The Morgan fingerprint density at radius 3 is 2.68 bits per heavy atom. The van der Waals surface area contributed by atoms with Gasteiger partial charge in [0.2, 0.25) is 0 Å². The average molecular weight is 340 g/mol. The second kappa shape index (κ2) is 7.75. The van der Waals surface area contributed by atoms with Crippen LogP contribution in [0.3, 0.4) is 0 Å². The molecule has 1 N–H and O–H groups in total. The van der Waals surface area contributed by atoms with Gasteiger partial charge in [-0.2, -0.15) is 13.2 Å². The number of halogens is 4. The predicted octanol–water partition coefficient (Wildman–Crippen LogP) is 4.28. The molecule has 0 saturated carbocycles. The van der Waals surface area contributed by atoms with Gasteiger partial charge in [-0.1, -0.05) is 22.9 Å². The van der Waals surface area contributed by atoms with Crippen LogP contribution in [0.25, 0.3) is 0 Å². The van der Waals surface area contributed by atoms with Crippen LogP contribution in [0.5, 0.6) is 5.75 Å². The Balaban J connectivity index is 2.53. The zero-order chi connectivity index (χ0) is 14.3. The SMILES string of the molecule is CCCOc1ccc(Br)cc1CNCCC(F)(F)F. The summed E-state index contributed by atoms with van der Waals surface area (Å²) in [6, 6.07) is 5.52. The van der Waals surface area contributed by atoms with Gasteiger partial charge in [-0.3, -0.25) is 0 Å². The largest absolute Gasteiger partial charge is 0.493 e. The lowest BCUT2D eigenvalue weighted by molar-refractivity contribution is -0.133. The molecule has 1 aromatic carbocycles. The summed E-state index contributed by atoms with van der Waals surface area (Å²) in [4.78, 5) is 0. The van der Waals surface area contributed by atoms with Crippen LogP contribution in [0.4, 0.5) is 13.2 Å². The Labute approximate surface area is 119 Å². The summed E-state index contributed by atoms with van der Waals surface area (Å²) < 4.78 is 42.5. The van der Waals surface area contributed by atoms with E-state index in [1.54, 1.807) is 0 Å². The number of benzene rings is 1. The third kappa shape index (κ3) is 6.82. The maximum Gasteiger partial charge on any atom is 0.390 e. The van der Waals surface area contributed by atoms with E-state index in [0.29, 0.717) is 18.9 Å². The Hall–Kier alpha value is -0.750. The Kier molecular flexibility index (Phi) is 6.65. The summed E-state index contributed by atoms with van der Waals surface area (Å²) in [7, 11) is 0. The van der Waals surface area contributed by atoms with Gasteiger partial charge in [0.25, 0.3) is 0 Å². The lowest BCUT2D eigenvalue weighted by Crippen LogP contribution is -2.21. The van der Waals surface area contributed by atoms with Gasteiger partial charge in [0.1, 0.15) is 5.75 Å². The Bertz CT molecular complexity index is 396. The second-order valence-electron chi connectivity index (χ2n) is 4.14. The number of hydrogen-bond donors (Lipinski definition) is 1. The normalized spacial score (nSPS) is 11.6. The summed E-state index contributed by atoms with van der Waals surface area (Å²) in [5.74, 6) is 0.713. The van der Waals surface area contributed by atoms with E-state index in [4.69, 9.17) is 4.74 Å². The first-order chi connectivity index (χ1) is 8.92. The monoisotopic (exact) mass is 339 g/mol. The summed E-state index contributed by atoms with van der Waals surface area (Å²) >= 11 is 3.34. The zero-order valence-electron chi connectivity index (χ0n) is 10.7. The fraction of sp³-hybridized carbons (Fsp3) is 0.538. The summed E-state index contributed by atoms with van der Waals surface area (Å²) in [6.45, 7) is 2.86. The van der Waals surface area contributed by atoms with Gasteiger partial charge < -0.3 is 10.1 Å². The van der Waals surface area contributed by atoms with Crippen molar-refractivity contribution < 1.29 is 17.9 Å². The van der Waals surface area contributed by atoms with Crippen molar-refractivity contribution in [2.75, 3.05) is 13.2 Å². The van der Waals surface area contributed by atoms with Crippen LogP contribution in [0, 0.1) is 0 Å². The number of rotatable bonds is 7. The molecule has 1 rings (SSSR count). The van der Waals surface area contributed by atoms with Crippen LogP contribution >= 0.6 is 15.9 Å². The molecule has 0 unspecified atom stereocenters.